The van der Waals surface area contributed by atoms with Crippen molar-refractivity contribution in [2.24, 2.45) is 0 Å². The van der Waals surface area contributed by atoms with Crippen molar-refractivity contribution in [3.05, 3.63) is 76.8 Å². The summed E-state index contributed by atoms with van der Waals surface area (Å²) in [5, 5.41) is 9.97. The zero-order chi connectivity index (χ0) is 20.4. The Morgan fingerprint density at radius 1 is 1.03 bits per heavy atom. The van der Waals surface area contributed by atoms with Crippen molar-refractivity contribution in [2.45, 2.75) is 32.9 Å². The van der Waals surface area contributed by atoms with E-state index >= 15 is 0 Å². The molecule has 1 amide bonds. The van der Waals surface area contributed by atoms with Crippen LogP contribution in [-0.2, 0) is 17.8 Å². The van der Waals surface area contributed by atoms with Crippen LogP contribution < -0.4 is 10.9 Å². The van der Waals surface area contributed by atoms with Crippen molar-refractivity contribution in [1.29, 1.82) is 0 Å². The summed E-state index contributed by atoms with van der Waals surface area (Å²) in [6, 6.07) is 17.5. The standard InChI is InChI=1S/C23H24N4O2/c1-16(2)27-23(29)19-9-5-4-8-18(19)20(25-27)15-22(28)24-12-14-26-13-11-17-7-3-6-10-21(17)26/h3-11,13,16H,12,14-15H2,1-2H3,(H,24,28). The lowest BCUT2D eigenvalue weighted by atomic mass is 10.1. The predicted octanol–water partition coefficient (Wildman–Crippen LogP) is 3.29. The molecule has 0 unspecified atom stereocenters. The monoisotopic (exact) mass is 388 g/mol. The molecule has 0 fully saturated rings. The SMILES string of the molecule is CC(C)n1nc(CC(=O)NCCn2ccc3ccccc32)c2ccccc2c1=O. The Morgan fingerprint density at radius 3 is 2.55 bits per heavy atom. The van der Waals surface area contributed by atoms with Crippen LogP contribution in [0.4, 0.5) is 0 Å². The van der Waals surface area contributed by atoms with Crippen LogP contribution in [0.2, 0.25) is 0 Å². The smallest absolute Gasteiger partial charge is 0.274 e. The maximum Gasteiger partial charge on any atom is 0.274 e. The van der Waals surface area contributed by atoms with Gasteiger partial charge in [-0.15, -0.1) is 0 Å². The van der Waals surface area contributed by atoms with E-state index in [1.54, 1.807) is 6.07 Å². The predicted molar refractivity (Wildman–Crippen MR) is 115 cm³/mol. The van der Waals surface area contributed by atoms with Gasteiger partial charge in [0.05, 0.1) is 23.5 Å². The number of nitrogens with one attached hydrogen (secondary N) is 1. The highest BCUT2D eigenvalue weighted by molar-refractivity contribution is 5.88. The van der Waals surface area contributed by atoms with Crippen LogP contribution in [0.15, 0.2) is 65.6 Å². The van der Waals surface area contributed by atoms with Crippen LogP contribution in [0.25, 0.3) is 21.7 Å². The van der Waals surface area contributed by atoms with Gasteiger partial charge in [0, 0.05) is 30.2 Å². The molecule has 0 atom stereocenters. The van der Waals surface area contributed by atoms with Crippen molar-refractivity contribution < 1.29 is 4.79 Å². The summed E-state index contributed by atoms with van der Waals surface area (Å²) in [6.45, 7) is 5.04. The second kappa shape index (κ2) is 7.91. The molecule has 6 heteroatoms. The average Bonchev–Trinajstić information content (AvgIpc) is 3.13. The molecule has 0 aliphatic carbocycles. The van der Waals surface area contributed by atoms with Crippen molar-refractivity contribution in [1.82, 2.24) is 19.7 Å². The van der Waals surface area contributed by atoms with Crippen LogP contribution >= 0.6 is 0 Å². The van der Waals surface area contributed by atoms with Gasteiger partial charge in [0.25, 0.3) is 5.56 Å². The lowest BCUT2D eigenvalue weighted by Crippen LogP contribution is -2.31. The Hall–Kier alpha value is -3.41. The first-order chi connectivity index (χ1) is 14.0. The number of hydrogen-bond donors (Lipinski definition) is 1. The van der Waals surface area contributed by atoms with E-state index in [1.807, 2.05) is 50.4 Å². The van der Waals surface area contributed by atoms with Gasteiger partial charge in [0.15, 0.2) is 0 Å². The number of para-hydroxylation sites is 1. The lowest BCUT2D eigenvalue weighted by molar-refractivity contribution is -0.120. The molecule has 0 saturated heterocycles. The second-order valence-corrected chi connectivity index (χ2v) is 7.43. The van der Waals surface area contributed by atoms with Gasteiger partial charge < -0.3 is 9.88 Å². The van der Waals surface area contributed by atoms with Crippen LogP contribution in [0.1, 0.15) is 25.6 Å². The van der Waals surface area contributed by atoms with E-state index in [0.717, 1.165) is 10.9 Å². The van der Waals surface area contributed by atoms with Crippen LogP contribution in [0.3, 0.4) is 0 Å². The van der Waals surface area contributed by atoms with Gasteiger partial charge in [0.2, 0.25) is 5.91 Å². The fourth-order valence-corrected chi connectivity index (χ4v) is 3.62. The van der Waals surface area contributed by atoms with Gasteiger partial charge in [-0.25, -0.2) is 4.68 Å². The van der Waals surface area contributed by atoms with Crippen LogP contribution in [-0.4, -0.2) is 26.8 Å². The van der Waals surface area contributed by atoms with Crippen LogP contribution in [0.5, 0.6) is 0 Å². The van der Waals surface area contributed by atoms with E-state index in [-0.39, 0.29) is 23.9 Å². The van der Waals surface area contributed by atoms with Gasteiger partial charge >= 0.3 is 0 Å². The molecule has 0 radical (unpaired) electrons. The number of fused-ring (bicyclic) bond motifs is 2. The molecule has 4 aromatic rings. The molecule has 0 bridgehead atoms. The number of rotatable bonds is 6. The normalized spacial score (nSPS) is 11.4. The van der Waals surface area contributed by atoms with E-state index in [0.29, 0.717) is 24.2 Å². The third-order valence-electron chi connectivity index (χ3n) is 5.08. The average molecular weight is 388 g/mol. The maximum atomic E-state index is 12.6. The second-order valence-electron chi connectivity index (χ2n) is 7.43. The van der Waals surface area contributed by atoms with Gasteiger partial charge in [-0.3, -0.25) is 9.59 Å². The fourth-order valence-electron chi connectivity index (χ4n) is 3.62. The Bertz CT molecular complexity index is 1240. The van der Waals surface area contributed by atoms with E-state index < -0.39 is 0 Å². The Balaban J connectivity index is 1.49. The summed E-state index contributed by atoms with van der Waals surface area (Å²) in [5.74, 6) is -0.104. The maximum absolute atomic E-state index is 12.6. The zero-order valence-corrected chi connectivity index (χ0v) is 16.6. The van der Waals surface area contributed by atoms with Crippen molar-refractivity contribution >= 4 is 27.6 Å². The third-order valence-corrected chi connectivity index (χ3v) is 5.08. The molecule has 6 nitrogen and oxygen atoms in total. The quantitative estimate of drug-likeness (QED) is 0.551. The molecule has 2 heterocycles. The number of hydrogen-bond acceptors (Lipinski definition) is 3. The van der Waals surface area contributed by atoms with E-state index in [9.17, 15) is 9.59 Å². The molecule has 2 aromatic carbocycles. The van der Waals surface area contributed by atoms with Crippen molar-refractivity contribution in [3.8, 4) is 0 Å². The minimum absolute atomic E-state index is 0.0732. The lowest BCUT2D eigenvalue weighted by Gasteiger charge is -2.13. The molecule has 0 aliphatic rings. The van der Waals surface area contributed by atoms with E-state index in [1.165, 1.54) is 10.1 Å². The fraction of sp³-hybridized carbons (Fsp3) is 0.261. The largest absolute Gasteiger partial charge is 0.354 e. The highest BCUT2D eigenvalue weighted by Gasteiger charge is 2.14. The van der Waals surface area contributed by atoms with Gasteiger partial charge in [0.1, 0.15) is 0 Å². The van der Waals surface area contributed by atoms with Crippen molar-refractivity contribution in [3.63, 3.8) is 0 Å². The number of benzene rings is 2. The van der Waals surface area contributed by atoms with Crippen LogP contribution in [0, 0.1) is 0 Å². The summed E-state index contributed by atoms with van der Waals surface area (Å²) in [4.78, 5) is 25.2. The van der Waals surface area contributed by atoms with Gasteiger partial charge in [-0.1, -0.05) is 36.4 Å². The van der Waals surface area contributed by atoms with Gasteiger partial charge in [-0.05, 0) is 37.4 Å². The molecule has 2 aromatic heterocycles. The molecule has 29 heavy (non-hydrogen) atoms. The first-order valence-corrected chi connectivity index (χ1v) is 9.85. The summed E-state index contributed by atoms with van der Waals surface area (Å²) in [5.41, 5.74) is 1.65. The first-order valence-electron chi connectivity index (χ1n) is 9.85. The zero-order valence-electron chi connectivity index (χ0n) is 16.6. The highest BCUT2D eigenvalue weighted by atomic mass is 16.1. The molecular formula is C23H24N4O2. The third kappa shape index (κ3) is 3.78. The molecular weight excluding hydrogens is 364 g/mol. The van der Waals surface area contributed by atoms with E-state index in [4.69, 9.17) is 0 Å². The minimum atomic E-state index is -0.126. The molecule has 0 spiro atoms. The Labute approximate surface area is 168 Å². The molecule has 0 aliphatic heterocycles. The van der Waals surface area contributed by atoms with Gasteiger partial charge in [-0.2, -0.15) is 5.10 Å². The number of nitrogens with zero attached hydrogens (tertiary/aromatic N) is 3. The first kappa shape index (κ1) is 18.9. The summed E-state index contributed by atoms with van der Waals surface area (Å²) in [6.07, 6.45) is 2.17. The molecule has 0 saturated carbocycles. The molecule has 1 N–H and O–H groups in total. The minimum Gasteiger partial charge on any atom is -0.354 e. The highest BCUT2D eigenvalue weighted by Crippen LogP contribution is 2.16. The summed E-state index contributed by atoms with van der Waals surface area (Å²) < 4.78 is 3.58. The molecule has 4 rings (SSSR count). The number of carbonyl (C=O) groups excluding carboxylic acids is 1. The van der Waals surface area contributed by atoms with Crippen molar-refractivity contribution in [2.75, 3.05) is 6.54 Å². The number of amides is 1. The van der Waals surface area contributed by atoms with E-state index in [2.05, 4.69) is 33.2 Å². The Morgan fingerprint density at radius 2 is 1.76 bits per heavy atom. The number of aromatic nitrogens is 3. The summed E-state index contributed by atoms with van der Waals surface area (Å²) >= 11 is 0. The topological polar surface area (TPSA) is 68.9 Å². The Kier molecular flexibility index (Phi) is 5.16. The number of carbonyl (C=O) groups is 1. The summed E-state index contributed by atoms with van der Waals surface area (Å²) in [7, 11) is 0. The molecule has 148 valence electrons.